The Balaban J connectivity index is 1.69. The molecule has 0 aliphatic heterocycles. The molecule has 3 nitrogen and oxygen atoms in total. The Morgan fingerprint density at radius 2 is 1.95 bits per heavy atom. The molecule has 1 aliphatic carbocycles. The minimum atomic E-state index is -0.303. The summed E-state index contributed by atoms with van der Waals surface area (Å²) in [5.41, 5.74) is 2.93. The molecule has 1 heterocycles. The van der Waals surface area contributed by atoms with Gasteiger partial charge in [0.1, 0.15) is 0 Å². The Labute approximate surface area is 119 Å². The van der Waals surface area contributed by atoms with E-state index in [2.05, 4.69) is 41.5 Å². The molecule has 1 aliphatic rings. The van der Waals surface area contributed by atoms with E-state index in [9.17, 15) is 4.79 Å². The van der Waals surface area contributed by atoms with Gasteiger partial charge in [-0.25, -0.2) is 0 Å². The van der Waals surface area contributed by atoms with Crippen LogP contribution in [0.5, 0.6) is 0 Å². The lowest BCUT2D eigenvalue weighted by Gasteiger charge is -2.16. The van der Waals surface area contributed by atoms with Crippen LogP contribution in [-0.4, -0.2) is 10.9 Å². The number of amides is 1. The molecule has 3 heteroatoms. The highest BCUT2D eigenvalue weighted by molar-refractivity contribution is 5.91. The quantitative estimate of drug-likeness (QED) is 0.924. The number of pyridine rings is 1. The molecule has 1 aromatic heterocycles. The van der Waals surface area contributed by atoms with Crippen molar-refractivity contribution in [2.45, 2.75) is 31.7 Å². The van der Waals surface area contributed by atoms with Gasteiger partial charge in [0.2, 0.25) is 5.91 Å². The smallest absolute Gasteiger partial charge is 0.230 e. The fourth-order valence-corrected chi connectivity index (χ4v) is 2.49. The zero-order chi connectivity index (χ0) is 14.0. The van der Waals surface area contributed by atoms with Crippen molar-refractivity contribution in [1.82, 2.24) is 10.3 Å². The molecule has 0 bridgehead atoms. The van der Waals surface area contributed by atoms with Crippen molar-refractivity contribution in [3.05, 3.63) is 65.5 Å². The van der Waals surface area contributed by atoms with Crippen molar-refractivity contribution in [1.29, 1.82) is 0 Å². The van der Waals surface area contributed by atoms with Crippen molar-refractivity contribution in [3.8, 4) is 0 Å². The van der Waals surface area contributed by atoms with E-state index in [0.29, 0.717) is 6.54 Å². The molecule has 20 heavy (non-hydrogen) atoms. The van der Waals surface area contributed by atoms with Crippen LogP contribution < -0.4 is 5.32 Å². The third kappa shape index (κ3) is 2.44. The highest BCUT2D eigenvalue weighted by Crippen LogP contribution is 2.48. The number of aryl methyl sites for hydroxylation is 1. The second-order valence-corrected chi connectivity index (χ2v) is 5.45. The highest BCUT2D eigenvalue weighted by Gasteiger charge is 2.50. The predicted molar refractivity (Wildman–Crippen MR) is 78.2 cm³/mol. The third-order valence-corrected chi connectivity index (χ3v) is 3.95. The number of benzene rings is 1. The van der Waals surface area contributed by atoms with Gasteiger partial charge in [0.25, 0.3) is 0 Å². The summed E-state index contributed by atoms with van der Waals surface area (Å²) in [6.45, 7) is 2.55. The minimum Gasteiger partial charge on any atom is -0.350 e. The van der Waals surface area contributed by atoms with Crippen molar-refractivity contribution in [2.75, 3.05) is 0 Å². The zero-order valence-electron chi connectivity index (χ0n) is 11.6. The Bertz CT molecular complexity index is 601. The van der Waals surface area contributed by atoms with E-state index in [1.807, 2.05) is 18.2 Å². The predicted octanol–water partition coefficient (Wildman–Crippen LogP) is 2.74. The van der Waals surface area contributed by atoms with Gasteiger partial charge in [-0.1, -0.05) is 35.9 Å². The first-order valence-corrected chi connectivity index (χ1v) is 6.96. The standard InChI is InChI=1S/C17H18N2O/c1-13-5-7-14(8-6-13)17(9-10-17)16(20)19-12-15-4-2-3-11-18-15/h2-8,11H,9-10,12H2,1H3,(H,19,20). The molecule has 1 amide bonds. The summed E-state index contributed by atoms with van der Waals surface area (Å²) in [6.07, 6.45) is 3.61. The average molecular weight is 266 g/mol. The van der Waals surface area contributed by atoms with Gasteiger partial charge in [0.15, 0.2) is 0 Å². The monoisotopic (exact) mass is 266 g/mol. The van der Waals surface area contributed by atoms with Crippen molar-refractivity contribution < 1.29 is 4.79 Å². The van der Waals surface area contributed by atoms with Crippen LogP contribution in [0.1, 0.15) is 29.7 Å². The number of hydrogen-bond acceptors (Lipinski definition) is 2. The van der Waals surface area contributed by atoms with Crippen LogP contribution in [0, 0.1) is 6.92 Å². The molecule has 0 spiro atoms. The van der Waals surface area contributed by atoms with E-state index in [4.69, 9.17) is 0 Å². The normalized spacial score (nSPS) is 15.7. The van der Waals surface area contributed by atoms with Gasteiger partial charge < -0.3 is 5.32 Å². The number of rotatable bonds is 4. The van der Waals surface area contributed by atoms with Gasteiger partial charge >= 0.3 is 0 Å². The summed E-state index contributed by atoms with van der Waals surface area (Å²) in [7, 11) is 0. The van der Waals surface area contributed by atoms with E-state index in [0.717, 1.165) is 24.1 Å². The third-order valence-electron chi connectivity index (χ3n) is 3.95. The van der Waals surface area contributed by atoms with Gasteiger partial charge in [-0.2, -0.15) is 0 Å². The Morgan fingerprint density at radius 1 is 1.20 bits per heavy atom. The van der Waals surface area contributed by atoms with Gasteiger partial charge in [0.05, 0.1) is 17.7 Å². The van der Waals surface area contributed by atoms with E-state index in [1.54, 1.807) is 6.20 Å². The average Bonchev–Trinajstić information content (AvgIpc) is 3.28. The molecular weight excluding hydrogens is 248 g/mol. The van der Waals surface area contributed by atoms with Crippen molar-refractivity contribution in [2.24, 2.45) is 0 Å². The summed E-state index contributed by atoms with van der Waals surface area (Å²) in [5, 5.41) is 3.01. The lowest BCUT2D eigenvalue weighted by Crippen LogP contribution is -2.34. The fourth-order valence-electron chi connectivity index (χ4n) is 2.49. The van der Waals surface area contributed by atoms with E-state index < -0.39 is 0 Å². The van der Waals surface area contributed by atoms with E-state index >= 15 is 0 Å². The van der Waals surface area contributed by atoms with E-state index in [1.165, 1.54) is 5.56 Å². The van der Waals surface area contributed by atoms with Crippen LogP contribution in [0.4, 0.5) is 0 Å². The van der Waals surface area contributed by atoms with Crippen LogP contribution >= 0.6 is 0 Å². The Kier molecular flexibility index (Phi) is 3.26. The second-order valence-electron chi connectivity index (χ2n) is 5.45. The Hall–Kier alpha value is -2.16. The number of carbonyl (C=O) groups excluding carboxylic acids is 1. The molecule has 0 atom stereocenters. The first kappa shape index (κ1) is 12.9. The van der Waals surface area contributed by atoms with Gasteiger partial charge in [-0.3, -0.25) is 9.78 Å². The fraction of sp³-hybridized carbons (Fsp3) is 0.294. The highest BCUT2D eigenvalue weighted by atomic mass is 16.2. The Morgan fingerprint density at radius 3 is 2.55 bits per heavy atom. The van der Waals surface area contributed by atoms with Crippen LogP contribution in [0.25, 0.3) is 0 Å². The maximum absolute atomic E-state index is 12.4. The number of carbonyl (C=O) groups is 1. The molecule has 1 aromatic carbocycles. The summed E-state index contributed by atoms with van der Waals surface area (Å²) >= 11 is 0. The summed E-state index contributed by atoms with van der Waals surface area (Å²) in [4.78, 5) is 16.7. The number of nitrogens with zero attached hydrogens (tertiary/aromatic N) is 1. The summed E-state index contributed by atoms with van der Waals surface area (Å²) in [6, 6.07) is 14.0. The summed E-state index contributed by atoms with van der Waals surface area (Å²) in [5.74, 6) is 0.118. The second kappa shape index (κ2) is 5.08. The van der Waals surface area contributed by atoms with Crippen LogP contribution in [0.3, 0.4) is 0 Å². The van der Waals surface area contributed by atoms with Crippen LogP contribution in [-0.2, 0) is 16.8 Å². The van der Waals surface area contributed by atoms with E-state index in [-0.39, 0.29) is 11.3 Å². The lowest BCUT2D eigenvalue weighted by molar-refractivity contribution is -0.123. The topological polar surface area (TPSA) is 42.0 Å². The maximum atomic E-state index is 12.4. The largest absolute Gasteiger partial charge is 0.350 e. The zero-order valence-corrected chi connectivity index (χ0v) is 11.6. The SMILES string of the molecule is Cc1ccc(C2(C(=O)NCc3ccccn3)CC2)cc1. The number of nitrogens with one attached hydrogen (secondary N) is 1. The number of hydrogen-bond donors (Lipinski definition) is 1. The molecule has 102 valence electrons. The maximum Gasteiger partial charge on any atom is 0.230 e. The molecule has 1 N–H and O–H groups in total. The van der Waals surface area contributed by atoms with Gasteiger partial charge in [0, 0.05) is 6.20 Å². The molecule has 0 saturated heterocycles. The molecule has 3 rings (SSSR count). The van der Waals surface area contributed by atoms with Crippen LogP contribution in [0.2, 0.25) is 0 Å². The van der Waals surface area contributed by atoms with Crippen LogP contribution in [0.15, 0.2) is 48.7 Å². The molecule has 2 aromatic rings. The lowest BCUT2D eigenvalue weighted by atomic mass is 9.94. The minimum absolute atomic E-state index is 0.118. The van der Waals surface area contributed by atoms with Crippen molar-refractivity contribution in [3.63, 3.8) is 0 Å². The van der Waals surface area contributed by atoms with Gasteiger partial charge in [-0.05, 0) is 37.5 Å². The molecule has 0 radical (unpaired) electrons. The van der Waals surface area contributed by atoms with Crippen molar-refractivity contribution >= 4 is 5.91 Å². The molecule has 1 fully saturated rings. The molecule has 1 saturated carbocycles. The van der Waals surface area contributed by atoms with Gasteiger partial charge in [-0.15, -0.1) is 0 Å². The first-order valence-electron chi connectivity index (χ1n) is 6.96. The first-order chi connectivity index (χ1) is 9.71. The summed E-state index contributed by atoms with van der Waals surface area (Å²) < 4.78 is 0. The molecule has 0 unspecified atom stereocenters. The molecular formula is C17H18N2O. The number of aromatic nitrogens is 1.